The Hall–Kier alpha value is -2.59. The maximum Gasteiger partial charge on any atom is 0.472 e. The smallest absolute Gasteiger partial charge is 0.472 e. The normalized spacial score (nSPS) is 34.9. The first kappa shape index (κ1) is 32.9. The molecular weight excluding hydrogens is 583 g/mol. The Kier molecular flexibility index (Phi) is 10.2. The van der Waals surface area contributed by atoms with Crippen LogP contribution in [0.25, 0.3) is 0 Å². The van der Waals surface area contributed by atoms with Gasteiger partial charge in [0.25, 0.3) is 5.79 Å². The van der Waals surface area contributed by atoms with Crippen LogP contribution < -0.4 is 16.7 Å². The van der Waals surface area contributed by atoms with Crippen molar-refractivity contribution >= 4 is 25.5 Å². The van der Waals surface area contributed by atoms with Crippen molar-refractivity contribution in [3.63, 3.8) is 0 Å². The maximum atomic E-state index is 12.4. The number of aromatic nitrogens is 2. The number of aliphatic carboxylic acids is 1. The van der Waals surface area contributed by atoms with Gasteiger partial charge in [-0.3, -0.25) is 18.4 Å². The van der Waals surface area contributed by atoms with E-state index in [-0.39, 0.29) is 5.82 Å². The highest BCUT2D eigenvalue weighted by molar-refractivity contribution is 7.47. The number of hydrogen-bond donors (Lipinski definition) is 10. The number of nitrogen functional groups attached to an aromatic ring is 1. The SMILES string of the molecule is CC(=O)N[C@@H]1[C@@H](O)C[C@@](O)(C(=O)O)O[C@H]1C(O)C(O)COP(=O)(O)OC[C@H]1O[C@@H](n2ccc(N)nc2=O)[C@H](O)[C@@H]1O. The number of phosphoric acid groups is 1. The predicted octanol–water partition coefficient (Wildman–Crippen LogP) is -5.27. The highest BCUT2D eigenvalue weighted by atomic mass is 31.2. The zero-order chi connectivity index (χ0) is 30.9. The minimum absolute atomic E-state index is 0.112. The molecule has 2 aliphatic rings. The Morgan fingerprint density at radius 2 is 1.95 bits per heavy atom. The molecule has 0 saturated carbocycles. The van der Waals surface area contributed by atoms with E-state index in [1.165, 1.54) is 6.07 Å². The number of nitrogens with one attached hydrogen (secondary N) is 1. The van der Waals surface area contributed by atoms with Crippen LogP contribution in [0.1, 0.15) is 19.6 Å². The maximum absolute atomic E-state index is 12.4. The first-order chi connectivity index (χ1) is 19.0. The van der Waals surface area contributed by atoms with Gasteiger partial charge in [0.15, 0.2) is 6.23 Å². The van der Waals surface area contributed by atoms with Crippen molar-refractivity contribution < 1.29 is 73.3 Å². The molecule has 0 spiro atoms. The Morgan fingerprint density at radius 1 is 1.29 bits per heavy atom. The minimum atomic E-state index is -5.07. The van der Waals surface area contributed by atoms with Gasteiger partial charge in [-0.1, -0.05) is 0 Å². The molecule has 20 nitrogen and oxygen atoms in total. The van der Waals surface area contributed by atoms with E-state index in [2.05, 4.69) is 14.8 Å². The summed E-state index contributed by atoms with van der Waals surface area (Å²) < 4.78 is 32.9. The monoisotopic (exact) mass is 614 g/mol. The average Bonchev–Trinajstić information content (AvgIpc) is 3.15. The first-order valence-electron chi connectivity index (χ1n) is 11.9. The van der Waals surface area contributed by atoms with Crippen molar-refractivity contribution in [2.24, 2.45) is 0 Å². The molecule has 1 amide bonds. The molecule has 2 saturated heterocycles. The Labute approximate surface area is 230 Å². The number of rotatable bonds is 11. The molecule has 0 radical (unpaired) electrons. The number of aliphatic hydroxyl groups is 6. The molecular formula is C20H31N4O16P. The summed E-state index contributed by atoms with van der Waals surface area (Å²) in [5.74, 6) is -5.79. The van der Waals surface area contributed by atoms with Crippen LogP contribution in [0.15, 0.2) is 17.1 Å². The van der Waals surface area contributed by atoms with E-state index in [4.69, 9.17) is 19.7 Å². The van der Waals surface area contributed by atoms with E-state index >= 15 is 0 Å². The predicted molar refractivity (Wildman–Crippen MR) is 128 cm³/mol. The van der Waals surface area contributed by atoms with Crippen LogP contribution in [-0.4, -0.2) is 130 Å². The lowest BCUT2D eigenvalue weighted by atomic mass is 9.88. The van der Waals surface area contributed by atoms with Crippen molar-refractivity contribution in [2.75, 3.05) is 18.9 Å². The summed E-state index contributed by atoms with van der Waals surface area (Å²) in [6.07, 6.45) is -14.1. The summed E-state index contributed by atoms with van der Waals surface area (Å²) in [7, 11) is -5.07. The quantitative estimate of drug-likeness (QED) is 0.104. The summed E-state index contributed by atoms with van der Waals surface area (Å²) in [5, 5.41) is 73.2. The molecule has 2 fully saturated rings. The summed E-state index contributed by atoms with van der Waals surface area (Å²) in [6, 6.07) is -0.291. The molecule has 3 rings (SSSR count). The van der Waals surface area contributed by atoms with E-state index in [0.717, 1.165) is 17.7 Å². The van der Waals surface area contributed by atoms with Crippen LogP contribution >= 0.6 is 7.82 Å². The molecule has 21 heteroatoms. The second kappa shape index (κ2) is 12.7. The van der Waals surface area contributed by atoms with Crippen molar-refractivity contribution in [1.82, 2.24) is 14.9 Å². The van der Waals surface area contributed by atoms with Crippen molar-refractivity contribution in [3.8, 4) is 0 Å². The fourth-order valence-corrected chi connectivity index (χ4v) is 4.97. The third-order valence-corrected chi connectivity index (χ3v) is 7.24. The molecule has 1 aromatic rings. The van der Waals surface area contributed by atoms with Gasteiger partial charge in [0.05, 0.1) is 25.4 Å². The second-order valence-electron chi connectivity index (χ2n) is 9.38. The highest BCUT2D eigenvalue weighted by Gasteiger charge is 2.54. The topological polar surface area (TPSA) is 323 Å². The van der Waals surface area contributed by atoms with Gasteiger partial charge in [-0.05, 0) is 6.07 Å². The number of nitrogens with zero attached hydrogens (tertiary/aromatic N) is 2. The molecule has 232 valence electrons. The molecule has 1 aromatic heterocycles. The van der Waals surface area contributed by atoms with Crippen LogP contribution in [0.2, 0.25) is 0 Å². The molecule has 11 atom stereocenters. The van der Waals surface area contributed by atoms with E-state index in [0.29, 0.717) is 0 Å². The van der Waals surface area contributed by atoms with Crippen molar-refractivity contribution in [3.05, 3.63) is 22.7 Å². The van der Waals surface area contributed by atoms with E-state index in [1.54, 1.807) is 0 Å². The van der Waals surface area contributed by atoms with Gasteiger partial charge < -0.3 is 61.2 Å². The summed E-state index contributed by atoms with van der Waals surface area (Å²) in [6.45, 7) is -0.994. The van der Waals surface area contributed by atoms with Crippen LogP contribution in [-0.2, 0) is 32.7 Å². The van der Waals surface area contributed by atoms with Crippen LogP contribution in [0.3, 0.4) is 0 Å². The van der Waals surface area contributed by atoms with Gasteiger partial charge in [0.2, 0.25) is 5.91 Å². The fraction of sp³-hybridized carbons (Fsp3) is 0.700. The molecule has 2 aliphatic heterocycles. The Morgan fingerprint density at radius 3 is 2.54 bits per heavy atom. The number of aliphatic hydroxyl groups excluding tert-OH is 5. The number of phosphoric ester groups is 1. The van der Waals surface area contributed by atoms with E-state index in [1.807, 2.05) is 0 Å². The lowest BCUT2D eigenvalue weighted by Gasteiger charge is -2.44. The zero-order valence-corrected chi connectivity index (χ0v) is 22.1. The van der Waals surface area contributed by atoms with Gasteiger partial charge in [0, 0.05) is 19.5 Å². The fourth-order valence-electron chi connectivity index (χ4n) is 4.22. The van der Waals surface area contributed by atoms with Gasteiger partial charge in [0.1, 0.15) is 42.4 Å². The number of carboxylic acids is 1. The van der Waals surface area contributed by atoms with Crippen LogP contribution in [0.4, 0.5) is 5.82 Å². The van der Waals surface area contributed by atoms with Gasteiger partial charge in [-0.25, -0.2) is 14.2 Å². The number of carboxylic acid groups (broad SMARTS) is 1. The third kappa shape index (κ3) is 7.63. The number of anilines is 1. The summed E-state index contributed by atoms with van der Waals surface area (Å²) in [4.78, 5) is 48.4. The summed E-state index contributed by atoms with van der Waals surface area (Å²) in [5.41, 5.74) is 4.49. The van der Waals surface area contributed by atoms with E-state index < -0.39 is 106 Å². The van der Waals surface area contributed by atoms with Crippen molar-refractivity contribution in [2.45, 2.75) is 74.1 Å². The Balaban J connectivity index is 1.61. The Bertz CT molecular complexity index is 1220. The highest BCUT2D eigenvalue weighted by Crippen LogP contribution is 2.44. The first-order valence-corrected chi connectivity index (χ1v) is 13.4. The van der Waals surface area contributed by atoms with Crippen LogP contribution in [0, 0.1) is 0 Å². The standard InChI is InChI=1S/C20H31N4O16P/c1-7(25)22-12-8(26)4-20(34,18(31)32)40-16(12)13(28)9(27)5-37-41(35,36)38-6-10-14(29)15(30)17(39-10)24-3-2-11(21)23-19(24)33/h2-3,8-10,12-17,26-30,34H,4-6H2,1H3,(H,22,25)(H,31,32)(H,35,36)(H2,21,23,33)/t8-,9?,10+,12+,13?,14+,15+,16+,17+,20-/m0/s1. The molecule has 3 heterocycles. The molecule has 11 N–H and O–H groups in total. The molecule has 41 heavy (non-hydrogen) atoms. The number of amides is 1. The molecule has 0 aliphatic carbocycles. The van der Waals surface area contributed by atoms with Crippen LogP contribution in [0.5, 0.6) is 0 Å². The number of carbonyl (C=O) groups is 2. The lowest BCUT2D eigenvalue weighted by Crippen LogP contribution is -2.67. The van der Waals surface area contributed by atoms with Gasteiger partial charge >= 0.3 is 19.5 Å². The number of hydrogen-bond acceptors (Lipinski definition) is 16. The molecule has 0 aromatic carbocycles. The number of ether oxygens (including phenoxy) is 2. The number of carbonyl (C=O) groups excluding carboxylic acids is 1. The minimum Gasteiger partial charge on any atom is -0.477 e. The van der Waals surface area contributed by atoms with Gasteiger partial charge in [-0.2, -0.15) is 4.98 Å². The second-order valence-corrected chi connectivity index (χ2v) is 10.8. The zero-order valence-electron chi connectivity index (χ0n) is 21.2. The number of nitrogens with two attached hydrogens (primary N) is 1. The largest absolute Gasteiger partial charge is 0.477 e. The average molecular weight is 614 g/mol. The van der Waals surface area contributed by atoms with Crippen molar-refractivity contribution in [1.29, 1.82) is 0 Å². The molecule has 0 bridgehead atoms. The lowest BCUT2D eigenvalue weighted by molar-refractivity contribution is -0.295. The third-order valence-electron chi connectivity index (χ3n) is 6.29. The van der Waals surface area contributed by atoms with Gasteiger partial charge in [-0.15, -0.1) is 0 Å². The summed E-state index contributed by atoms with van der Waals surface area (Å²) >= 11 is 0. The van der Waals surface area contributed by atoms with E-state index in [9.17, 15) is 59.6 Å². The molecule has 3 unspecified atom stereocenters.